The number of nitrogens with two attached hydrogens (primary N) is 2. The molecule has 0 radical (unpaired) electrons. The molecule has 1 saturated heterocycles. The summed E-state index contributed by atoms with van der Waals surface area (Å²) in [6.45, 7) is 13.9. The number of carbonyl (C=O) groups is 4. The molecule has 4 amide bonds. The molecular formula is C41H50N14O5. The third-order valence-corrected chi connectivity index (χ3v) is 10.3. The standard InChI is InChI=1S/C41H50N14O5/c1-5-54-32(20-25(3)49-54)38(58)47-40-45-29-22-27(36(42)56)10-11-31(29)52(40)15-7-8-16-53-35-30(46-41(53)48-39(59)33-21-26(4)50-55(33)6-2)23-28(37(43)57)24-34(35)60-19-9-14-51-17-12-44-13-18-51/h7-8,10-11,20-24,44H,5-6,9,12-19H2,1-4H3,(H2,42,56)(H2,43,57)(H,45,47,58)(H,46,48,59)/b8-7+. The molecule has 5 heterocycles. The first-order chi connectivity index (χ1) is 28.9. The van der Waals surface area contributed by atoms with Gasteiger partial charge in [-0.3, -0.25) is 39.2 Å². The molecule has 60 heavy (non-hydrogen) atoms. The van der Waals surface area contributed by atoms with Crippen molar-refractivity contribution in [1.29, 1.82) is 0 Å². The maximum atomic E-state index is 13.8. The van der Waals surface area contributed by atoms with Crippen molar-refractivity contribution in [3.05, 3.63) is 88.5 Å². The van der Waals surface area contributed by atoms with E-state index in [1.165, 1.54) is 0 Å². The normalized spacial score (nSPS) is 13.4. The van der Waals surface area contributed by atoms with E-state index in [4.69, 9.17) is 21.2 Å². The number of rotatable bonds is 17. The number of nitrogens with zero attached hydrogens (tertiary/aromatic N) is 9. The van der Waals surface area contributed by atoms with Crippen molar-refractivity contribution >= 4 is 57.6 Å². The number of anilines is 2. The third-order valence-electron chi connectivity index (χ3n) is 10.3. The quantitative estimate of drug-likeness (QED) is 0.0662. The number of carbonyl (C=O) groups excluding carboxylic acids is 4. The van der Waals surface area contributed by atoms with Crippen molar-refractivity contribution in [1.82, 2.24) is 48.9 Å². The van der Waals surface area contributed by atoms with Gasteiger partial charge in [0, 0.05) is 70.0 Å². The number of ether oxygens (including phenoxy) is 1. The Morgan fingerprint density at radius 2 is 1.33 bits per heavy atom. The summed E-state index contributed by atoms with van der Waals surface area (Å²) in [5, 5.41) is 18.1. The lowest BCUT2D eigenvalue weighted by Crippen LogP contribution is -2.43. The van der Waals surface area contributed by atoms with E-state index in [2.05, 4.69) is 36.0 Å². The first-order valence-electron chi connectivity index (χ1n) is 20.0. The van der Waals surface area contributed by atoms with Crippen LogP contribution in [0.4, 0.5) is 11.9 Å². The van der Waals surface area contributed by atoms with Crippen LogP contribution < -0.4 is 32.2 Å². The van der Waals surface area contributed by atoms with Gasteiger partial charge in [-0.25, -0.2) is 9.97 Å². The van der Waals surface area contributed by atoms with E-state index in [0.717, 1.165) is 39.1 Å². The van der Waals surface area contributed by atoms with Crippen molar-refractivity contribution in [2.24, 2.45) is 11.5 Å². The second-order valence-electron chi connectivity index (χ2n) is 14.5. The van der Waals surface area contributed by atoms with Crippen molar-refractivity contribution < 1.29 is 23.9 Å². The topological polar surface area (TPSA) is 240 Å². The van der Waals surface area contributed by atoms with E-state index in [1.807, 2.05) is 49.0 Å². The molecular weight excluding hydrogens is 769 g/mol. The maximum absolute atomic E-state index is 13.8. The minimum absolute atomic E-state index is 0.209. The molecule has 19 nitrogen and oxygen atoms in total. The number of hydrogen-bond acceptors (Lipinski definition) is 11. The number of allylic oxidation sites excluding steroid dienone is 2. The zero-order valence-electron chi connectivity index (χ0n) is 34.2. The number of fused-ring (bicyclic) bond motifs is 2. The van der Waals surface area contributed by atoms with E-state index in [-0.39, 0.29) is 36.1 Å². The maximum Gasteiger partial charge on any atom is 0.276 e. The van der Waals surface area contributed by atoms with Crippen molar-refractivity contribution in [3.63, 3.8) is 0 Å². The Morgan fingerprint density at radius 3 is 1.93 bits per heavy atom. The van der Waals surface area contributed by atoms with Crippen LogP contribution in [0.15, 0.2) is 54.6 Å². The molecule has 2 aromatic carbocycles. The van der Waals surface area contributed by atoms with Crippen LogP contribution >= 0.6 is 0 Å². The fourth-order valence-electron chi connectivity index (χ4n) is 7.35. The summed E-state index contributed by atoms with van der Waals surface area (Å²) in [6.07, 6.45) is 4.52. The van der Waals surface area contributed by atoms with Crippen LogP contribution in [-0.4, -0.2) is 107 Å². The fraction of sp³-hybridized carbons (Fsp3) is 0.366. The monoisotopic (exact) mass is 818 g/mol. The zero-order chi connectivity index (χ0) is 42.5. The first kappa shape index (κ1) is 41.3. The van der Waals surface area contributed by atoms with Crippen LogP contribution in [0, 0.1) is 13.8 Å². The number of aromatic nitrogens is 8. The van der Waals surface area contributed by atoms with Crippen LogP contribution in [0.2, 0.25) is 0 Å². The van der Waals surface area contributed by atoms with Gasteiger partial charge in [-0.15, -0.1) is 0 Å². The van der Waals surface area contributed by atoms with E-state index < -0.39 is 23.6 Å². The predicted octanol–water partition coefficient (Wildman–Crippen LogP) is 3.07. The van der Waals surface area contributed by atoms with Crippen LogP contribution in [0.3, 0.4) is 0 Å². The second kappa shape index (κ2) is 18.0. The molecule has 1 aliphatic rings. The van der Waals surface area contributed by atoms with E-state index in [0.29, 0.717) is 70.3 Å². The van der Waals surface area contributed by atoms with Crippen molar-refractivity contribution in [3.8, 4) is 5.75 Å². The SMILES string of the molecule is CCn1nc(C)cc1C(=O)Nc1nc2cc(C(N)=O)ccc2n1C/C=C/Cn1c(NC(=O)c2cc(C)nn2CC)nc2cc(C(N)=O)cc(OCCCN3CCNCC3)c21. The Hall–Kier alpha value is -6.86. The van der Waals surface area contributed by atoms with Gasteiger partial charge in [-0.2, -0.15) is 10.2 Å². The molecule has 0 saturated carbocycles. The third kappa shape index (κ3) is 8.91. The molecule has 7 N–H and O–H groups in total. The molecule has 19 heteroatoms. The van der Waals surface area contributed by atoms with Gasteiger partial charge in [-0.05, 0) is 76.6 Å². The highest BCUT2D eigenvalue weighted by molar-refractivity contribution is 6.05. The molecule has 0 spiro atoms. The lowest BCUT2D eigenvalue weighted by molar-refractivity contribution is 0.0992. The Balaban J connectivity index is 1.22. The average Bonchev–Trinajstić information content (AvgIpc) is 4.00. The molecule has 0 unspecified atom stereocenters. The van der Waals surface area contributed by atoms with Gasteiger partial charge < -0.3 is 35.6 Å². The molecule has 0 atom stereocenters. The van der Waals surface area contributed by atoms with Gasteiger partial charge in [0.25, 0.3) is 11.8 Å². The minimum Gasteiger partial charge on any atom is -0.491 e. The number of benzene rings is 2. The smallest absolute Gasteiger partial charge is 0.276 e. The van der Waals surface area contributed by atoms with Crippen LogP contribution in [-0.2, 0) is 26.2 Å². The summed E-state index contributed by atoms with van der Waals surface area (Å²) in [5.41, 5.74) is 16.1. The van der Waals surface area contributed by atoms with Gasteiger partial charge in [0.2, 0.25) is 23.7 Å². The number of hydrogen-bond donors (Lipinski definition) is 5. The molecule has 1 aliphatic heterocycles. The number of piperazine rings is 1. The van der Waals surface area contributed by atoms with E-state index in [9.17, 15) is 19.2 Å². The van der Waals surface area contributed by atoms with Gasteiger partial charge in [0.05, 0.1) is 34.5 Å². The molecule has 1 fully saturated rings. The largest absolute Gasteiger partial charge is 0.491 e. The van der Waals surface area contributed by atoms with Gasteiger partial charge in [0.15, 0.2) is 0 Å². The summed E-state index contributed by atoms with van der Waals surface area (Å²) in [6, 6.07) is 11.5. The number of aryl methyl sites for hydroxylation is 4. The molecule has 314 valence electrons. The van der Waals surface area contributed by atoms with Crippen molar-refractivity contribution in [2.45, 2.75) is 60.3 Å². The van der Waals surface area contributed by atoms with Crippen LogP contribution in [0.25, 0.3) is 22.1 Å². The highest BCUT2D eigenvalue weighted by Crippen LogP contribution is 2.32. The first-order valence-corrected chi connectivity index (χ1v) is 20.0. The summed E-state index contributed by atoms with van der Waals surface area (Å²) >= 11 is 0. The summed E-state index contributed by atoms with van der Waals surface area (Å²) in [5.74, 6) is -1.18. The number of nitrogens with one attached hydrogen (secondary N) is 3. The Bertz CT molecular complexity index is 2610. The lowest BCUT2D eigenvalue weighted by Gasteiger charge is -2.27. The van der Waals surface area contributed by atoms with Gasteiger partial charge in [-0.1, -0.05) is 12.2 Å². The lowest BCUT2D eigenvalue weighted by atomic mass is 10.1. The predicted molar refractivity (Wildman–Crippen MR) is 226 cm³/mol. The Labute approximate surface area is 345 Å². The number of imidazole rings is 2. The highest BCUT2D eigenvalue weighted by atomic mass is 16.5. The van der Waals surface area contributed by atoms with E-state index in [1.54, 1.807) is 51.8 Å². The zero-order valence-corrected chi connectivity index (χ0v) is 34.2. The van der Waals surface area contributed by atoms with Crippen molar-refractivity contribution in [2.75, 3.05) is 50.0 Å². The molecule has 7 rings (SSSR count). The molecule has 6 aromatic rings. The molecule has 4 aromatic heterocycles. The van der Waals surface area contributed by atoms with Crippen LogP contribution in [0.5, 0.6) is 5.75 Å². The highest BCUT2D eigenvalue weighted by Gasteiger charge is 2.23. The molecule has 0 aliphatic carbocycles. The van der Waals surface area contributed by atoms with Crippen LogP contribution in [0.1, 0.15) is 73.3 Å². The minimum atomic E-state index is -0.641. The Kier molecular flexibility index (Phi) is 12.4. The summed E-state index contributed by atoms with van der Waals surface area (Å²) < 4.78 is 13.2. The van der Waals surface area contributed by atoms with Gasteiger partial charge in [0.1, 0.15) is 22.7 Å². The summed E-state index contributed by atoms with van der Waals surface area (Å²) in [7, 11) is 0. The average molecular weight is 819 g/mol. The fourth-order valence-corrected chi connectivity index (χ4v) is 7.35. The van der Waals surface area contributed by atoms with E-state index >= 15 is 0 Å². The van der Waals surface area contributed by atoms with Gasteiger partial charge >= 0.3 is 0 Å². The Morgan fingerprint density at radius 1 is 0.767 bits per heavy atom. The molecule has 0 bridgehead atoms. The second-order valence-corrected chi connectivity index (χ2v) is 14.5. The number of primary amides is 2. The number of amides is 4. The summed E-state index contributed by atoms with van der Waals surface area (Å²) in [4.78, 5) is 63.7.